The molecule has 0 spiro atoms. The molecule has 0 saturated carbocycles. The van der Waals surface area contributed by atoms with Crippen LogP contribution in [0.15, 0.2) is 46.5 Å². The Morgan fingerprint density at radius 1 is 1.10 bits per heavy atom. The second kappa shape index (κ2) is 13.9. The number of carbonyl (C=O) groups excluding carboxylic acids is 2. The zero-order valence-electron chi connectivity index (χ0n) is 24.0. The van der Waals surface area contributed by atoms with Crippen LogP contribution in [0.5, 0.6) is 0 Å². The fraction of sp³-hybridized carbons (Fsp3) is 0.467. The third-order valence-corrected chi connectivity index (χ3v) is 7.73. The zero-order chi connectivity index (χ0) is 29.4. The Hall–Kier alpha value is -3.57. The third kappa shape index (κ3) is 8.71. The standard InChI is InChI=1S/C30H39FN6O3S/c1-30(2,3)40-29(39)35-19-21-9-10-23(24(31)17-21)20-34-28-37(32-4)25-12-11-22(18-26(25)41-28)27(38)33-13-8-16-36-14-6-5-7-15-36/h9-12,17-18H,4-8,13-16,19-20H2,1-3H3,(H,33,38)(H,35,39). The van der Waals surface area contributed by atoms with Crippen LogP contribution >= 0.6 is 11.3 Å². The van der Waals surface area contributed by atoms with Crippen molar-refractivity contribution in [1.29, 1.82) is 0 Å². The van der Waals surface area contributed by atoms with Gasteiger partial charge in [-0.2, -0.15) is 5.10 Å². The van der Waals surface area contributed by atoms with Crippen LogP contribution in [-0.2, 0) is 17.8 Å². The Balaban J connectivity index is 1.38. The molecule has 0 atom stereocenters. The summed E-state index contributed by atoms with van der Waals surface area (Å²) < 4.78 is 22.5. The molecule has 0 bridgehead atoms. The number of aromatic nitrogens is 1. The summed E-state index contributed by atoms with van der Waals surface area (Å²) in [5.41, 5.74) is 1.75. The van der Waals surface area contributed by atoms with E-state index in [1.54, 1.807) is 43.6 Å². The normalized spacial score (nSPS) is 14.7. The van der Waals surface area contributed by atoms with Gasteiger partial charge >= 0.3 is 6.09 Å². The van der Waals surface area contributed by atoms with E-state index >= 15 is 0 Å². The van der Waals surface area contributed by atoms with Gasteiger partial charge in [-0.3, -0.25) is 9.79 Å². The first-order chi connectivity index (χ1) is 19.6. The molecule has 0 aliphatic carbocycles. The average molecular weight is 583 g/mol. The highest BCUT2D eigenvalue weighted by Gasteiger charge is 2.16. The number of hydrogen-bond acceptors (Lipinski definition) is 7. The number of thiazole rings is 1. The minimum Gasteiger partial charge on any atom is -0.444 e. The molecule has 2 aromatic carbocycles. The monoisotopic (exact) mass is 582 g/mol. The summed E-state index contributed by atoms with van der Waals surface area (Å²) in [4.78, 5) is 32.2. The molecule has 4 rings (SSSR count). The van der Waals surface area contributed by atoms with Gasteiger partial charge in [-0.15, -0.1) is 0 Å². The van der Waals surface area contributed by atoms with Crippen LogP contribution in [0.4, 0.5) is 9.18 Å². The highest BCUT2D eigenvalue weighted by atomic mass is 32.1. The van der Waals surface area contributed by atoms with Gasteiger partial charge in [0.1, 0.15) is 11.4 Å². The van der Waals surface area contributed by atoms with Gasteiger partial charge in [-0.05, 0) is 89.5 Å². The Labute approximate surface area is 244 Å². The SMILES string of the molecule is C=Nn1c(=NCc2ccc(CNC(=O)OC(C)(C)C)cc2F)sc2cc(C(=O)NCCCN3CCCCC3)ccc21. The Kier molecular flexibility index (Phi) is 10.3. The van der Waals surface area contributed by atoms with Gasteiger partial charge in [0.05, 0.1) is 16.8 Å². The van der Waals surface area contributed by atoms with E-state index in [4.69, 9.17) is 4.74 Å². The lowest BCUT2D eigenvalue weighted by atomic mass is 10.1. The molecule has 1 aliphatic heterocycles. The van der Waals surface area contributed by atoms with E-state index in [-0.39, 0.29) is 19.0 Å². The molecule has 9 nitrogen and oxygen atoms in total. The average Bonchev–Trinajstić information content (AvgIpc) is 3.30. The minimum atomic E-state index is -0.606. The number of ether oxygens (including phenoxy) is 1. The maximum Gasteiger partial charge on any atom is 0.407 e. The second-order valence-corrected chi connectivity index (χ2v) is 12.1. The van der Waals surface area contributed by atoms with E-state index < -0.39 is 17.5 Å². The van der Waals surface area contributed by atoms with Crippen molar-refractivity contribution in [3.8, 4) is 0 Å². The number of halogens is 1. The summed E-state index contributed by atoms with van der Waals surface area (Å²) in [6, 6.07) is 10.2. The fourth-order valence-electron chi connectivity index (χ4n) is 4.65. The lowest BCUT2D eigenvalue weighted by Gasteiger charge is -2.26. The van der Waals surface area contributed by atoms with Crippen molar-refractivity contribution in [2.45, 2.75) is 65.1 Å². The van der Waals surface area contributed by atoms with Crippen molar-refractivity contribution < 1.29 is 18.7 Å². The molecule has 2 amide bonds. The highest BCUT2D eigenvalue weighted by Crippen LogP contribution is 2.20. The molecule has 1 fully saturated rings. The summed E-state index contributed by atoms with van der Waals surface area (Å²) in [5, 5.41) is 9.74. The first-order valence-electron chi connectivity index (χ1n) is 14.0. The lowest BCUT2D eigenvalue weighted by molar-refractivity contribution is 0.0523. The van der Waals surface area contributed by atoms with E-state index in [0.29, 0.717) is 28.0 Å². The van der Waals surface area contributed by atoms with Gasteiger partial charge < -0.3 is 20.3 Å². The molecule has 2 N–H and O–H groups in total. The number of piperidine rings is 1. The molecule has 0 unspecified atom stereocenters. The van der Waals surface area contributed by atoms with Crippen molar-refractivity contribution in [3.63, 3.8) is 0 Å². The molecule has 1 aromatic heterocycles. The first kappa shape index (κ1) is 30.4. The fourth-order valence-corrected chi connectivity index (χ4v) is 5.67. The van der Waals surface area contributed by atoms with E-state index in [9.17, 15) is 14.0 Å². The lowest BCUT2D eigenvalue weighted by Crippen LogP contribution is -2.33. The summed E-state index contributed by atoms with van der Waals surface area (Å²) in [6.07, 6.45) is 4.20. The smallest absolute Gasteiger partial charge is 0.407 e. The molecular formula is C30H39FN6O3S. The maximum atomic E-state index is 14.8. The number of nitrogens with zero attached hydrogens (tertiary/aromatic N) is 4. The minimum absolute atomic E-state index is 0.0955. The first-order valence-corrected chi connectivity index (χ1v) is 14.8. The predicted molar refractivity (Wildman–Crippen MR) is 161 cm³/mol. The van der Waals surface area contributed by atoms with Crippen molar-refractivity contribution in [3.05, 3.63) is 63.7 Å². The van der Waals surface area contributed by atoms with Crippen molar-refractivity contribution in [2.24, 2.45) is 10.1 Å². The highest BCUT2D eigenvalue weighted by molar-refractivity contribution is 7.16. The molecule has 2 heterocycles. The van der Waals surface area contributed by atoms with Gasteiger partial charge in [0.2, 0.25) is 4.80 Å². The quantitative estimate of drug-likeness (QED) is 0.259. The number of nitrogens with one attached hydrogen (secondary N) is 2. The Bertz CT molecular complexity index is 1450. The van der Waals surface area contributed by atoms with Crippen molar-refractivity contribution in [1.82, 2.24) is 20.2 Å². The maximum absolute atomic E-state index is 14.8. The number of alkyl carbamates (subject to hydrolysis) is 1. The van der Waals surface area contributed by atoms with Gasteiger partial charge in [0, 0.05) is 30.9 Å². The molecule has 220 valence electrons. The topological polar surface area (TPSA) is 100 Å². The predicted octanol–water partition coefficient (Wildman–Crippen LogP) is 5.04. The van der Waals surface area contributed by atoms with E-state index in [2.05, 4.69) is 32.3 Å². The van der Waals surface area contributed by atoms with Crippen molar-refractivity contribution >= 4 is 40.3 Å². The zero-order valence-corrected chi connectivity index (χ0v) is 24.9. The number of rotatable bonds is 10. The number of carbonyl (C=O) groups is 2. The molecule has 0 radical (unpaired) electrons. The van der Waals surface area contributed by atoms with Gasteiger partial charge in [-0.1, -0.05) is 29.9 Å². The molecule has 41 heavy (non-hydrogen) atoms. The summed E-state index contributed by atoms with van der Waals surface area (Å²) >= 11 is 1.36. The second-order valence-electron chi connectivity index (χ2n) is 11.1. The van der Waals surface area contributed by atoms with Crippen LogP contribution < -0.4 is 15.4 Å². The van der Waals surface area contributed by atoms with Crippen LogP contribution in [0.1, 0.15) is 67.9 Å². The van der Waals surface area contributed by atoms with Crippen LogP contribution in [0.3, 0.4) is 0 Å². The van der Waals surface area contributed by atoms with Crippen LogP contribution in [0.2, 0.25) is 0 Å². The van der Waals surface area contributed by atoms with Gasteiger partial charge in [0.25, 0.3) is 5.91 Å². The van der Waals surface area contributed by atoms with Crippen LogP contribution in [-0.4, -0.2) is 60.1 Å². The van der Waals surface area contributed by atoms with Gasteiger partial charge in [0.15, 0.2) is 0 Å². The Morgan fingerprint density at radius 2 is 1.88 bits per heavy atom. The number of amides is 2. The molecule has 1 saturated heterocycles. The Morgan fingerprint density at radius 3 is 2.59 bits per heavy atom. The van der Waals surface area contributed by atoms with Crippen LogP contribution in [0.25, 0.3) is 10.2 Å². The number of benzene rings is 2. The summed E-state index contributed by atoms with van der Waals surface area (Å²) in [6.45, 7) is 13.2. The third-order valence-electron chi connectivity index (χ3n) is 6.70. The summed E-state index contributed by atoms with van der Waals surface area (Å²) in [7, 11) is 0. The molecule has 1 aliphatic rings. The van der Waals surface area contributed by atoms with Crippen LogP contribution in [0, 0.1) is 5.82 Å². The van der Waals surface area contributed by atoms with E-state index in [1.807, 2.05) is 12.1 Å². The molecule has 11 heteroatoms. The number of hydrogen-bond donors (Lipinski definition) is 2. The number of fused-ring (bicyclic) bond motifs is 1. The molecule has 3 aromatic rings. The molecular weight excluding hydrogens is 543 g/mol. The van der Waals surface area contributed by atoms with E-state index in [1.165, 1.54) is 36.7 Å². The number of likely N-dealkylation sites (tertiary alicyclic amines) is 1. The van der Waals surface area contributed by atoms with Gasteiger partial charge in [-0.25, -0.2) is 13.9 Å². The summed E-state index contributed by atoms with van der Waals surface area (Å²) in [5.74, 6) is -0.533. The largest absolute Gasteiger partial charge is 0.444 e. The van der Waals surface area contributed by atoms with E-state index in [0.717, 1.165) is 36.3 Å². The van der Waals surface area contributed by atoms with Crippen molar-refractivity contribution in [2.75, 3.05) is 26.2 Å².